The number of hydrogen-bond acceptors (Lipinski definition) is 2. The van der Waals surface area contributed by atoms with Crippen LogP contribution in [0.2, 0.25) is 0 Å². The minimum Gasteiger partial charge on any atom is -0.348 e. The summed E-state index contributed by atoms with van der Waals surface area (Å²) in [6.45, 7) is 5.07. The Balaban J connectivity index is 2.17. The van der Waals surface area contributed by atoms with Gasteiger partial charge in [0.25, 0.3) is 0 Å². The Bertz CT molecular complexity index is 570. The largest absolute Gasteiger partial charge is 0.348 e. The fourth-order valence-corrected chi connectivity index (χ4v) is 3.02. The fraction of sp³-hybridized carbons (Fsp3) is 0.533. The van der Waals surface area contributed by atoms with Gasteiger partial charge >= 0.3 is 0 Å². The highest BCUT2D eigenvalue weighted by Gasteiger charge is 2.13. The lowest BCUT2D eigenvalue weighted by Crippen LogP contribution is -2.15. The van der Waals surface area contributed by atoms with Crippen molar-refractivity contribution in [3.63, 3.8) is 0 Å². The number of rotatable bonds is 6. The molecule has 4 nitrogen and oxygen atoms in total. The summed E-state index contributed by atoms with van der Waals surface area (Å²) in [4.78, 5) is 0. The predicted molar refractivity (Wildman–Crippen MR) is 85.9 cm³/mol. The molecule has 0 aromatic carbocycles. The Kier molecular flexibility index (Phi) is 5.05. The van der Waals surface area contributed by atoms with E-state index in [1.807, 2.05) is 25.7 Å². The molecule has 20 heavy (non-hydrogen) atoms. The molecule has 0 spiro atoms. The van der Waals surface area contributed by atoms with Gasteiger partial charge in [-0.05, 0) is 48.0 Å². The molecule has 0 bridgehead atoms. The predicted octanol–water partition coefficient (Wildman–Crippen LogP) is 3.40. The second kappa shape index (κ2) is 6.59. The zero-order valence-corrected chi connectivity index (χ0v) is 14.2. The topological polar surface area (TPSA) is 34.8 Å². The number of nitrogens with zero attached hydrogens (tertiary/aromatic N) is 3. The van der Waals surface area contributed by atoms with Crippen molar-refractivity contribution in [2.75, 3.05) is 7.05 Å². The third kappa shape index (κ3) is 3.15. The van der Waals surface area contributed by atoms with Crippen molar-refractivity contribution < 1.29 is 0 Å². The maximum atomic E-state index is 4.44. The zero-order valence-electron chi connectivity index (χ0n) is 12.7. The average molecular weight is 339 g/mol. The van der Waals surface area contributed by atoms with Gasteiger partial charge < -0.3 is 9.88 Å². The lowest BCUT2D eigenvalue weighted by atomic mass is 10.1. The Morgan fingerprint density at radius 1 is 1.45 bits per heavy atom. The van der Waals surface area contributed by atoms with Crippen molar-refractivity contribution in [2.24, 2.45) is 7.05 Å². The van der Waals surface area contributed by atoms with Crippen molar-refractivity contribution in [3.05, 3.63) is 39.9 Å². The van der Waals surface area contributed by atoms with Gasteiger partial charge in [0.1, 0.15) is 0 Å². The molecule has 0 fully saturated rings. The van der Waals surface area contributed by atoms with Crippen LogP contribution in [-0.2, 0) is 13.6 Å². The Labute approximate surface area is 129 Å². The molecule has 0 saturated carbocycles. The molecular formula is C15H23BrN4. The summed E-state index contributed by atoms with van der Waals surface area (Å²) in [7, 11) is 4.02. The van der Waals surface area contributed by atoms with Gasteiger partial charge in [-0.2, -0.15) is 5.10 Å². The van der Waals surface area contributed by atoms with E-state index in [0.717, 1.165) is 23.1 Å². The van der Waals surface area contributed by atoms with Crippen LogP contribution in [-0.4, -0.2) is 21.4 Å². The summed E-state index contributed by atoms with van der Waals surface area (Å²) < 4.78 is 5.27. The van der Waals surface area contributed by atoms with E-state index in [0.29, 0.717) is 6.04 Å². The molecule has 0 aliphatic heterocycles. The van der Waals surface area contributed by atoms with Gasteiger partial charge in [0.2, 0.25) is 0 Å². The Morgan fingerprint density at radius 2 is 2.20 bits per heavy atom. The van der Waals surface area contributed by atoms with Crippen LogP contribution < -0.4 is 5.32 Å². The Hall–Kier alpha value is -1.07. The molecule has 0 radical (unpaired) electrons. The van der Waals surface area contributed by atoms with E-state index in [1.54, 1.807) is 0 Å². The molecule has 0 saturated heterocycles. The molecule has 1 atom stereocenters. The van der Waals surface area contributed by atoms with E-state index in [-0.39, 0.29) is 0 Å². The summed E-state index contributed by atoms with van der Waals surface area (Å²) in [6.07, 6.45) is 6.72. The standard InChI is InChI=1S/C15H23BrN4/c1-5-6-13(17-3)12-7-8-20(9-12)10-14-15(16)11(2)18-19(14)4/h7-9,13,17H,5-6,10H2,1-4H3. The minimum absolute atomic E-state index is 0.443. The summed E-state index contributed by atoms with van der Waals surface area (Å²) in [5.41, 5.74) is 3.58. The van der Waals surface area contributed by atoms with Gasteiger partial charge in [0.15, 0.2) is 0 Å². The first kappa shape index (κ1) is 15.3. The van der Waals surface area contributed by atoms with Crippen LogP contribution in [0.3, 0.4) is 0 Å². The van der Waals surface area contributed by atoms with Crippen LogP contribution in [0.1, 0.15) is 42.8 Å². The second-order valence-electron chi connectivity index (χ2n) is 5.22. The van der Waals surface area contributed by atoms with Crippen molar-refractivity contribution in [1.29, 1.82) is 0 Å². The fourth-order valence-electron chi connectivity index (χ4n) is 2.55. The summed E-state index contributed by atoms with van der Waals surface area (Å²) in [5.74, 6) is 0. The quantitative estimate of drug-likeness (QED) is 0.875. The van der Waals surface area contributed by atoms with E-state index < -0.39 is 0 Å². The molecule has 2 aromatic heterocycles. The summed E-state index contributed by atoms with van der Waals surface area (Å²) in [6, 6.07) is 2.64. The number of nitrogens with one attached hydrogen (secondary N) is 1. The first-order chi connectivity index (χ1) is 9.56. The summed E-state index contributed by atoms with van der Waals surface area (Å²) in [5, 5.41) is 7.82. The van der Waals surface area contributed by atoms with Gasteiger partial charge in [-0.25, -0.2) is 0 Å². The van der Waals surface area contributed by atoms with E-state index in [2.05, 4.69) is 56.3 Å². The van der Waals surface area contributed by atoms with E-state index in [4.69, 9.17) is 0 Å². The van der Waals surface area contributed by atoms with Crippen molar-refractivity contribution in [3.8, 4) is 0 Å². The zero-order chi connectivity index (χ0) is 14.7. The van der Waals surface area contributed by atoms with Gasteiger partial charge in [-0.15, -0.1) is 0 Å². The van der Waals surface area contributed by atoms with E-state index >= 15 is 0 Å². The minimum atomic E-state index is 0.443. The lowest BCUT2D eigenvalue weighted by molar-refractivity contribution is 0.540. The molecule has 2 rings (SSSR count). The molecule has 0 amide bonds. The van der Waals surface area contributed by atoms with Crippen LogP contribution in [0.25, 0.3) is 0 Å². The maximum absolute atomic E-state index is 4.44. The van der Waals surface area contributed by atoms with E-state index in [9.17, 15) is 0 Å². The Morgan fingerprint density at radius 3 is 2.75 bits per heavy atom. The number of halogens is 1. The highest BCUT2D eigenvalue weighted by Crippen LogP contribution is 2.23. The van der Waals surface area contributed by atoms with Crippen molar-refractivity contribution >= 4 is 15.9 Å². The normalized spacial score (nSPS) is 12.8. The molecule has 2 aromatic rings. The van der Waals surface area contributed by atoms with Crippen LogP contribution in [0.15, 0.2) is 22.9 Å². The molecule has 0 aliphatic carbocycles. The van der Waals surface area contributed by atoms with Gasteiger partial charge in [0.05, 0.1) is 22.4 Å². The molecular weight excluding hydrogens is 316 g/mol. The molecule has 0 aliphatic rings. The third-order valence-corrected chi connectivity index (χ3v) is 4.73. The average Bonchev–Trinajstić information content (AvgIpc) is 2.97. The highest BCUT2D eigenvalue weighted by molar-refractivity contribution is 9.10. The van der Waals surface area contributed by atoms with Gasteiger partial charge in [-0.3, -0.25) is 4.68 Å². The van der Waals surface area contributed by atoms with Crippen LogP contribution >= 0.6 is 15.9 Å². The number of hydrogen-bond donors (Lipinski definition) is 1. The molecule has 5 heteroatoms. The molecule has 1 N–H and O–H groups in total. The van der Waals surface area contributed by atoms with Crippen LogP contribution in [0, 0.1) is 6.92 Å². The highest BCUT2D eigenvalue weighted by atomic mass is 79.9. The van der Waals surface area contributed by atoms with Crippen LogP contribution in [0.4, 0.5) is 0 Å². The van der Waals surface area contributed by atoms with Crippen LogP contribution in [0.5, 0.6) is 0 Å². The lowest BCUT2D eigenvalue weighted by Gasteiger charge is -2.13. The van der Waals surface area contributed by atoms with E-state index in [1.165, 1.54) is 17.7 Å². The number of aryl methyl sites for hydroxylation is 2. The first-order valence-corrected chi connectivity index (χ1v) is 7.87. The molecule has 2 heterocycles. The molecule has 110 valence electrons. The first-order valence-electron chi connectivity index (χ1n) is 7.07. The third-order valence-electron chi connectivity index (χ3n) is 3.70. The van der Waals surface area contributed by atoms with Gasteiger partial charge in [-0.1, -0.05) is 13.3 Å². The van der Waals surface area contributed by atoms with Crippen molar-refractivity contribution in [2.45, 2.75) is 39.3 Å². The second-order valence-corrected chi connectivity index (χ2v) is 6.01. The number of aromatic nitrogens is 3. The maximum Gasteiger partial charge on any atom is 0.0739 e. The summed E-state index contributed by atoms with van der Waals surface area (Å²) >= 11 is 3.62. The van der Waals surface area contributed by atoms with Crippen molar-refractivity contribution in [1.82, 2.24) is 19.7 Å². The smallest absolute Gasteiger partial charge is 0.0739 e. The van der Waals surface area contributed by atoms with Gasteiger partial charge in [0, 0.05) is 25.5 Å². The SMILES string of the molecule is CCCC(NC)c1ccn(Cc2c(Br)c(C)nn2C)c1. The monoisotopic (exact) mass is 338 g/mol. The molecule has 1 unspecified atom stereocenters.